The molecule has 0 aliphatic heterocycles. The van der Waals surface area contributed by atoms with E-state index in [9.17, 15) is 9.59 Å². The van der Waals surface area contributed by atoms with Crippen molar-refractivity contribution < 1.29 is 9.59 Å². The first kappa shape index (κ1) is 16.0. The molecule has 116 valence electrons. The number of benzene rings is 1. The van der Waals surface area contributed by atoms with Gasteiger partial charge in [0.2, 0.25) is 5.91 Å². The summed E-state index contributed by atoms with van der Waals surface area (Å²) in [6.07, 6.45) is 0. The van der Waals surface area contributed by atoms with Gasteiger partial charge < -0.3 is 9.88 Å². The monoisotopic (exact) mass is 319 g/mol. The summed E-state index contributed by atoms with van der Waals surface area (Å²) in [6.45, 7) is 2.01. The van der Waals surface area contributed by atoms with Crippen molar-refractivity contribution in [1.82, 2.24) is 25.4 Å². The van der Waals surface area contributed by atoms with Gasteiger partial charge in [0.15, 0.2) is 11.0 Å². The first-order valence-electron chi connectivity index (χ1n) is 6.62. The maximum atomic E-state index is 11.6. The number of rotatable bonds is 4. The van der Waals surface area contributed by atoms with Crippen molar-refractivity contribution in [2.24, 2.45) is 7.05 Å². The third-order valence-corrected chi connectivity index (χ3v) is 4.05. The number of nitrogens with zero attached hydrogens (tertiary/aromatic N) is 3. The van der Waals surface area contributed by atoms with Crippen molar-refractivity contribution in [3.63, 3.8) is 0 Å². The van der Waals surface area contributed by atoms with Crippen molar-refractivity contribution in [3.05, 3.63) is 29.8 Å². The van der Waals surface area contributed by atoms with E-state index >= 15 is 0 Å². The predicted molar refractivity (Wildman–Crippen MR) is 84.5 cm³/mol. The van der Waals surface area contributed by atoms with Crippen LogP contribution in [0.25, 0.3) is 11.4 Å². The highest BCUT2D eigenvalue weighted by Crippen LogP contribution is 2.24. The van der Waals surface area contributed by atoms with E-state index in [1.807, 2.05) is 42.8 Å². The smallest absolute Gasteiger partial charge is 0.321 e. The average molecular weight is 319 g/mol. The first-order valence-corrected chi connectivity index (χ1v) is 7.61. The summed E-state index contributed by atoms with van der Waals surface area (Å²) in [6, 6.07) is 7.37. The van der Waals surface area contributed by atoms with Gasteiger partial charge in [-0.05, 0) is 12.5 Å². The van der Waals surface area contributed by atoms with Gasteiger partial charge in [0, 0.05) is 19.7 Å². The molecule has 0 spiro atoms. The van der Waals surface area contributed by atoms with Crippen molar-refractivity contribution in [3.8, 4) is 11.4 Å². The lowest BCUT2D eigenvalue weighted by atomic mass is 10.1. The molecule has 0 aliphatic carbocycles. The maximum Gasteiger partial charge on any atom is 0.321 e. The first-order chi connectivity index (χ1) is 10.5. The van der Waals surface area contributed by atoms with Crippen LogP contribution >= 0.6 is 11.8 Å². The van der Waals surface area contributed by atoms with Gasteiger partial charge >= 0.3 is 6.03 Å². The quantitative estimate of drug-likeness (QED) is 0.830. The number of aryl methyl sites for hydroxylation is 1. The zero-order valence-electron chi connectivity index (χ0n) is 12.6. The Hall–Kier alpha value is -2.35. The topological polar surface area (TPSA) is 88.9 Å². The molecule has 1 aromatic carbocycles. The van der Waals surface area contributed by atoms with E-state index in [-0.39, 0.29) is 11.7 Å². The number of imide groups is 1. The second-order valence-electron chi connectivity index (χ2n) is 4.60. The molecule has 1 aromatic heterocycles. The van der Waals surface area contributed by atoms with Gasteiger partial charge in [-0.2, -0.15) is 0 Å². The van der Waals surface area contributed by atoms with Gasteiger partial charge in [0.1, 0.15) is 0 Å². The van der Waals surface area contributed by atoms with E-state index in [0.717, 1.165) is 17.0 Å². The number of carbonyl (C=O) groups is 2. The van der Waals surface area contributed by atoms with Gasteiger partial charge in [0.05, 0.1) is 5.75 Å². The van der Waals surface area contributed by atoms with E-state index in [1.165, 1.54) is 18.8 Å². The Morgan fingerprint density at radius 3 is 2.68 bits per heavy atom. The zero-order chi connectivity index (χ0) is 16.1. The molecule has 0 radical (unpaired) electrons. The van der Waals surface area contributed by atoms with Crippen LogP contribution in [0.2, 0.25) is 0 Å². The van der Waals surface area contributed by atoms with Crippen LogP contribution in [0, 0.1) is 6.92 Å². The SMILES string of the molecule is CNC(=O)NC(=O)CSc1nnc(-c2ccccc2C)n1C. The van der Waals surface area contributed by atoms with Crippen LogP contribution in [0.15, 0.2) is 29.4 Å². The molecule has 0 saturated heterocycles. The van der Waals surface area contributed by atoms with Gasteiger partial charge in [-0.1, -0.05) is 36.0 Å². The van der Waals surface area contributed by atoms with Crippen LogP contribution in [-0.2, 0) is 11.8 Å². The zero-order valence-corrected chi connectivity index (χ0v) is 13.4. The third-order valence-electron chi connectivity index (χ3n) is 3.03. The van der Waals surface area contributed by atoms with Gasteiger partial charge in [-0.25, -0.2) is 4.79 Å². The molecule has 2 N–H and O–H groups in total. The molecule has 0 unspecified atom stereocenters. The Morgan fingerprint density at radius 2 is 2.00 bits per heavy atom. The highest BCUT2D eigenvalue weighted by Gasteiger charge is 2.14. The van der Waals surface area contributed by atoms with Crippen molar-refractivity contribution in [2.45, 2.75) is 12.1 Å². The summed E-state index contributed by atoms with van der Waals surface area (Å²) in [5.41, 5.74) is 2.10. The molecule has 0 fully saturated rings. The molecule has 22 heavy (non-hydrogen) atoms. The van der Waals surface area contributed by atoms with Crippen molar-refractivity contribution in [2.75, 3.05) is 12.8 Å². The summed E-state index contributed by atoms with van der Waals surface area (Å²) in [5, 5.41) is 13.4. The van der Waals surface area contributed by atoms with E-state index in [2.05, 4.69) is 20.8 Å². The summed E-state index contributed by atoms with van der Waals surface area (Å²) in [7, 11) is 3.30. The number of hydrogen-bond donors (Lipinski definition) is 2. The maximum absolute atomic E-state index is 11.6. The minimum absolute atomic E-state index is 0.0904. The molecular weight excluding hydrogens is 302 g/mol. The van der Waals surface area contributed by atoms with Crippen LogP contribution in [0.1, 0.15) is 5.56 Å². The number of aromatic nitrogens is 3. The van der Waals surface area contributed by atoms with Crippen molar-refractivity contribution in [1.29, 1.82) is 0 Å². The number of amides is 3. The van der Waals surface area contributed by atoms with Crippen molar-refractivity contribution >= 4 is 23.7 Å². The molecule has 0 aliphatic rings. The average Bonchev–Trinajstić information content (AvgIpc) is 2.86. The summed E-state index contributed by atoms with van der Waals surface area (Å²) in [4.78, 5) is 22.6. The molecular formula is C14H17N5O2S. The second-order valence-corrected chi connectivity index (χ2v) is 5.54. The molecule has 0 bridgehead atoms. The van der Waals surface area contributed by atoms with Crippen LogP contribution in [0.4, 0.5) is 4.79 Å². The highest BCUT2D eigenvalue weighted by molar-refractivity contribution is 7.99. The highest BCUT2D eigenvalue weighted by atomic mass is 32.2. The lowest BCUT2D eigenvalue weighted by molar-refractivity contribution is -0.117. The predicted octanol–water partition coefficient (Wildman–Crippen LogP) is 1.34. The summed E-state index contributed by atoms with van der Waals surface area (Å²) >= 11 is 1.23. The molecule has 0 saturated carbocycles. The van der Waals surface area contributed by atoms with E-state index in [4.69, 9.17) is 0 Å². The number of carbonyl (C=O) groups excluding carboxylic acids is 2. The Labute approximate surface area is 132 Å². The lowest BCUT2D eigenvalue weighted by Crippen LogP contribution is -2.38. The molecule has 8 heteroatoms. The fraction of sp³-hybridized carbons (Fsp3) is 0.286. The minimum Gasteiger partial charge on any atom is -0.341 e. The Kier molecular flexibility index (Phi) is 5.16. The Balaban J connectivity index is 2.07. The molecule has 0 atom stereocenters. The van der Waals surface area contributed by atoms with Crippen LogP contribution in [0.5, 0.6) is 0 Å². The second kappa shape index (κ2) is 7.08. The minimum atomic E-state index is -0.524. The number of thioether (sulfide) groups is 1. The van der Waals surface area contributed by atoms with Gasteiger partial charge in [-0.15, -0.1) is 10.2 Å². The summed E-state index contributed by atoms with van der Waals surface area (Å²) in [5.74, 6) is 0.449. The molecule has 3 amide bonds. The normalized spacial score (nSPS) is 10.3. The fourth-order valence-electron chi connectivity index (χ4n) is 1.85. The molecule has 2 rings (SSSR count). The van der Waals surface area contributed by atoms with Crippen LogP contribution in [-0.4, -0.2) is 39.5 Å². The summed E-state index contributed by atoms with van der Waals surface area (Å²) < 4.78 is 1.83. The fourth-order valence-corrected chi connectivity index (χ4v) is 2.57. The lowest BCUT2D eigenvalue weighted by Gasteiger charge is -2.06. The third kappa shape index (κ3) is 3.64. The van der Waals surface area contributed by atoms with Gasteiger partial charge in [0.25, 0.3) is 0 Å². The molecule has 1 heterocycles. The molecule has 2 aromatic rings. The Morgan fingerprint density at radius 1 is 1.27 bits per heavy atom. The number of urea groups is 1. The standard InChI is InChI=1S/C14H17N5O2S/c1-9-6-4-5-7-10(9)12-17-18-14(19(12)3)22-8-11(20)16-13(21)15-2/h4-7H,8H2,1-3H3,(H2,15,16,20,21). The van der Waals surface area contributed by atoms with E-state index < -0.39 is 6.03 Å². The van der Waals surface area contributed by atoms with Crippen LogP contribution in [0.3, 0.4) is 0 Å². The number of hydrogen-bond acceptors (Lipinski definition) is 5. The largest absolute Gasteiger partial charge is 0.341 e. The number of nitrogens with one attached hydrogen (secondary N) is 2. The van der Waals surface area contributed by atoms with E-state index in [1.54, 1.807) is 0 Å². The van der Waals surface area contributed by atoms with E-state index in [0.29, 0.717) is 5.16 Å². The molecule has 7 nitrogen and oxygen atoms in total. The Bertz CT molecular complexity index is 698. The van der Waals surface area contributed by atoms with Crippen LogP contribution < -0.4 is 10.6 Å². The van der Waals surface area contributed by atoms with Gasteiger partial charge in [-0.3, -0.25) is 10.1 Å².